The van der Waals surface area contributed by atoms with E-state index in [0.717, 1.165) is 19.3 Å². The van der Waals surface area contributed by atoms with E-state index < -0.39 is 36.6 Å². The number of amides is 2. The topological polar surface area (TPSA) is 84.2 Å². The van der Waals surface area contributed by atoms with Crippen molar-refractivity contribution in [3.05, 3.63) is 0 Å². The second-order valence-corrected chi connectivity index (χ2v) is 4.79. The third-order valence-electron chi connectivity index (χ3n) is 3.09. The highest BCUT2D eigenvalue weighted by Crippen LogP contribution is 2.25. The number of halogens is 3. The molecule has 1 aliphatic carbocycles. The van der Waals surface area contributed by atoms with Gasteiger partial charge in [0, 0.05) is 0 Å². The van der Waals surface area contributed by atoms with Crippen LogP contribution in [0.15, 0.2) is 0 Å². The second kappa shape index (κ2) is 6.23. The molecule has 1 aliphatic rings. The van der Waals surface area contributed by atoms with Crippen molar-refractivity contribution < 1.29 is 22.8 Å². The molecule has 0 aliphatic heterocycles. The van der Waals surface area contributed by atoms with Gasteiger partial charge in [0.1, 0.15) is 6.54 Å². The van der Waals surface area contributed by atoms with Crippen molar-refractivity contribution in [3.63, 3.8) is 0 Å². The van der Waals surface area contributed by atoms with Crippen molar-refractivity contribution in [2.75, 3.05) is 13.1 Å². The molecule has 1 rings (SSSR count). The smallest absolute Gasteiger partial charge is 0.345 e. The molecule has 0 saturated heterocycles. The Bertz CT molecular complexity index is 339. The lowest BCUT2D eigenvalue weighted by Crippen LogP contribution is -2.56. The summed E-state index contributed by atoms with van der Waals surface area (Å²) in [5.74, 6) is -1.36. The molecule has 0 aromatic heterocycles. The molecule has 4 N–H and O–H groups in total. The summed E-state index contributed by atoms with van der Waals surface area (Å²) in [6.07, 6.45) is -0.711. The monoisotopic (exact) mass is 281 g/mol. The highest BCUT2D eigenvalue weighted by molar-refractivity contribution is 5.90. The van der Waals surface area contributed by atoms with E-state index in [2.05, 4.69) is 5.32 Å². The van der Waals surface area contributed by atoms with Gasteiger partial charge in [0.05, 0.1) is 12.1 Å². The second-order valence-electron chi connectivity index (χ2n) is 4.79. The minimum atomic E-state index is -4.46. The Labute approximate surface area is 109 Å². The first-order valence-corrected chi connectivity index (χ1v) is 6.14. The zero-order valence-corrected chi connectivity index (χ0v) is 10.5. The molecule has 8 heteroatoms. The number of carbonyl (C=O) groups is 2. The molecule has 0 heterocycles. The molecule has 0 aromatic carbocycles. The number of hydrogen-bond acceptors (Lipinski definition) is 3. The van der Waals surface area contributed by atoms with Crippen molar-refractivity contribution in [3.8, 4) is 0 Å². The highest BCUT2D eigenvalue weighted by Gasteiger charge is 2.35. The van der Waals surface area contributed by atoms with E-state index in [4.69, 9.17) is 5.73 Å². The first kappa shape index (κ1) is 15.7. The summed E-state index contributed by atoms with van der Waals surface area (Å²) in [6.45, 7) is -1.90. The number of carbonyl (C=O) groups excluding carboxylic acids is 2. The molecule has 1 saturated carbocycles. The summed E-state index contributed by atoms with van der Waals surface area (Å²) < 4.78 is 35.5. The molecule has 0 unspecified atom stereocenters. The summed E-state index contributed by atoms with van der Waals surface area (Å²) in [5, 5.41) is 3.96. The summed E-state index contributed by atoms with van der Waals surface area (Å²) in [7, 11) is 0. The van der Waals surface area contributed by atoms with Gasteiger partial charge in [-0.2, -0.15) is 13.2 Å². The van der Waals surface area contributed by atoms with Crippen molar-refractivity contribution >= 4 is 11.8 Å². The van der Waals surface area contributed by atoms with Gasteiger partial charge in [-0.1, -0.05) is 19.3 Å². The van der Waals surface area contributed by atoms with Gasteiger partial charge >= 0.3 is 6.18 Å². The van der Waals surface area contributed by atoms with E-state index in [1.165, 1.54) is 0 Å². The van der Waals surface area contributed by atoms with Crippen LogP contribution in [0.1, 0.15) is 32.1 Å². The number of alkyl halides is 3. The highest BCUT2D eigenvalue weighted by atomic mass is 19.4. The van der Waals surface area contributed by atoms with E-state index >= 15 is 0 Å². The third kappa shape index (κ3) is 5.46. The number of nitrogens with two attached hydrogens (primary N) is 1. The molecular weight excluding hydrogens is 263 g/mol. The van der Waals surface area contributed by atoms with Crippen LogP contribution in [-0.2, 0) is 9.59 Å². The van der Waals surface area contributed by atoms with Crippen LogP contribution >= 0.6 is 0 Å². The van der Waals surface area contributed by atoms with Gasteiger partial charge in [-0.15, -0.1) is 0 Å². The van der Waals surface area contributed by atoms with Crippen LogP contribution in [0.5, 0.6) is 0 Å². The van der Waals surface area contributed by atoms with Crippen molar-refractivity contribution in [2.45, 2.75) is 43.8 Å². The van der Waals surface area contributed by atoms with Gasteiger partial charge in [-0.3, -0.25) is 9.59 Å². The van der Waals surface area contributed by atoms with Crippen LogP contribution < -0.4 is 16.4 Å². The Balaban J connectivity index is 2.31. The van der Waals surface area contributed by atoms with Crippen LogP contribution in [0.3, 0.4) is 0 Å². The summed E-state index contributed by atoms with van der Waals surface area (Å²) in [6, 6.07) is 0. The molecule has 0 atom stereocenters. The minimum absolute atomic E-state index is 0.477. The Morgan fingerprint density at radius 2 is 1.68 bits per heavy atom. The van der Waals surface area contributed by atoms with E-state index in [0.29, 0.717) is 12.8 Å². The predicted octanol–water partition coefficient (Wildman–Crippen LogP) is 0.443. The van der Waals surface area contributed by atoms with Crippen LogP contribution in [0.2, 0.25) is 0 Å². The maximum atomic E-state index is 11.8. The third-order valence-corrected chi connectivity index (χ3v) is 3.09. The van der Waals surface area contributed by atoms with Crippen LogP contribution in [0.25, 0.3) is 0 Å². The van der Waals surface area contributed by atoms with Gasteiger partial charge in [-0.25, -0.2) is 0 Å². The normalized spacial score (nSPS) is 18.7. The fourth-order valence-corrected chi connectivity index (χ4v) is 2.01. The molecule has 0 bridgehead atoms. The van der Waals surface area contributed by atoms with Crippen molar-refractivity contribution in [1.29, 1.82) is 0 Å². The van der Waals surface area contributed by atoms with Gasteiger partial charge < -0.3 is 16.4 Å². The van der Waals surface area contributed by atoms with E-state index in [1.807, 2.05) is 0 Å². The molecule has 110 valence electrons. The minimum Gasteiger partial charge on any atom is -0.345 e. The summed E-state index contributed by atoms with van der Waals surface area (Å²) in [5.41, 5.74) is 4.91. The SMILES string of the molecule is NC1(C(=O)NCC(=O)NCC(F)(F)F)CCCCC1. The van der Waals surface area contributed by atoms with Gasteiger partial charge in [0.15, 0.2) is 0 Å². The maximum Gasteiger partial charge on any atom is 0.405 e. The Morgan fingerprint density at radius 3 is 2.21 bits per heavy atom. The fraction of sp³-hybridized carbons (Fsp3) is 0.818. The first-order valence-electron chi connectivity index (χ1n) is 6.14. The Morgan fingerprint density at radius 1 is 1.11 bits per heavy atom. The van der Waals surface area contributed by atoms with E-state index in [9.17, 15) is 22.8 Å². The lowest BCUT2D eigenvalue weighted by Gasteiger charge is -2.31. The summed E-state index contributed by atoms with van der Waals surface area (Å²) in [4.78, 5) is 22.9. The van der Waals surface area contributed by atoms with Crippen molar-refractivity contribution in [1.82, 2.24) is 10.6 Å². The standard InChI is InChI=1S/C11H18F3N3O2/c12-11(13,14)7-17-8(18)6-16-9(19)10(15)4-2-1-3-5-10/h1-7,15H2,(H,16,19)(H,17,18). The number of hydrogen-bond donors (Lipinski definition) is 3. The average molecular weight is 281 g/mol. The Hall–Kier alpha value is -1.31. The predicted molar refractivity (Wildman–Crippen MR) is 62.1 cm³/mol. The van der Waals surface area contributed by atoms with Crippen LogP contribution in [0, 0.1) is 0 Å². The quantitative estimate of drug-likeness (QED) is 0.699. The summed E-state index contributed by atoms with van der Waals surface area (Å²) >= 11 is 0. The van der Waals surface area contributed by atoms with Gasteiger partial charge in [-0.05, 0) is 12.8 Å². The van der Waals surface area contributed by atoms with Gasteiger partial charge in [0.2, 0.25) is 11.8 Å². The van der Waals surface area contributed by atoms with Crippen molar-refractivity contribution in [2.24, 2.45) is 5.73 Å². The lowest BCUT2D eigenvalue weighted by atomic mass is 9.82. The first-order chi connectivity index (χ1) is 8.73. The zero-order valence-electron chi connectivity index (χ0n) is 10.5. The molecular formula is C11H18F3N3O2. The largest absolute Gasteiger partial charge is 0.405 e. The average Bonchev–Trinajstić information content (AvgIpc) is 2.33. The molecule has 0 spiro atoms. The Kier molecular flexibility index (Phi) is 5.16. The molecule has 1 fully saturated rings. The van der Waals surface area contributed by atoms with Gasteiger partial charge in [0.25, 0.3) is 0 Å². The molecule has 0 aromatic rings. The molecule has 5 nitrogen and oxygen atoms in total. The lowest BCUT2D eigenvalue weighted by molar-refractivity contribution is -0.139. The number of nitrogens with one attached hydrogen (secondary N) is 2. The molecule has 2 amide bonds. The van der Waals surface area contributed by atoms with E-state index in [1.54, 1.807) is 5.32 Å². The zero-order chi connectivity index (χ0) is 14.5. The number of rotatable bonds is 4. The fourth-order valence-electron chi connectivity index (χ4n) is 2.01. The van der Waals surface area contributed by atoms with E-state index in [-0.39, 0.29) is 0 Å². The van der Waals surface area contributed by atoms with Crippen LogP contribution in [-0.4, -0.2) is 36.6 Å². The maximum absolute atomic E-state index is 11.8. The molecule has 19 heavy (non-hydrogen) atoms. The van der Waals surface area contributed by atoms with Crippen LogP contribution in [0.4, 0.5) is 13.2 Å². The molecule has 0 radical (unpaired) electrons.